The molecule has 11 heavy (non-hydrogen) atoms. The molecule has 0 atom stereocenters. The standard InChI is InChI=1S/C9H16OSi/c1-11(2,3)9-7-5-4-6-8-10/h8H,6-7,9H2,1-3H3. The van der Waals surface area contributed by atoms with Gasteiger partial charge in [-0.15, -0.1) is 5.92 Å². The van der Waals surface area contributed by atoms with E-state index in [1.165, 1.54) is 6.04 Å². The van der Waals surface area contributed by atoms with Crippen molar-refractivity contribution < 1.29 is 4.79 Å². The lowest BCUT2D eigenvalue weighted by atomic mass is 10.4. The molecule has 0 aromatic heterocycles. The molecule has 0 saturated heterocycles. The van der Waals surface area contributed by atoms with Gasteiger partial charge in [0.2, 0.25) is 0 Å². The van der Waals surface area contributed by atoms with Crippen LogP contribution in [0.2, 0.25) is 25.7 Å². The van der Waals surface area contributed by atoms with Gasteiger partial charge in [-0.25, -0.2) is 0 Å². The minimum atomic E-state index is -0.908. The summed E-state index contributed by atoms with van der Waals surface area (Å²) in [5.74, 6) is 5.81. The van der Waals surface area contributed by atoms with Gasteiger partial charge in [-0.2, -0.15) is 0 Å². The Morgan fingerprint density at radius 1 is 1.27 bits per heavy atom. The molecule has 0 amide bonds. The maximum absolute atomic E-state index is 9.87. The molecule has 0 aromatic rings. The molecule has 0 fully saturated rings. The van der Waals surface area contributed by atoms with Gasteiger partial charge >= 0.3 is 0 Å². The highest BCUT2D eigenvalue weighted by atomic mass is 28.3. The molecular weight excluding hydrogens is 152 g/mol. The number of hydrogen-bond donors (Lipinski definition) is 0. The highest BCUT2D eigenvalue weighted by Crippen LogP contribution is 2.09. The van der Waals surface area contributed by atoms with Crippen molar-refractivity contribution in [1.82, 2.24) is 0 Å². The van der Waals surface area contributed by atoms with Gasteiger partial charge in [0, 0.05) is 14.5 Å². The van der Waals surface area contributed by atoms with E-state index < -0.39 is 8.07 Å². The van der Waals surface area contributed by atoms with Gasteiger partial charge in [-0.05, 0) is 6.04 Å². The van der Waals surface area contributed by atoms with Crippen LogP contribution >= 0.6 is 0 Å². The molecule has 0 saturated carbocycles. The molecule has 0 bridgehead atoms. The van der Waals surface area contributed by atoms with Crippen LogP contribution in [0.4, 0.5) is 0 Å². The quantitative estimate of drug-likeness (QED) is 0.359. The van der Waals surface area contributed by atoms with Crippen LogP contribution in [-0.4, -0.2) is 14.4 Å². The maximum Gasteiger partial charge on any atom is 0.131 e. The predicted molar refractivity (Wildman–Crippen MR) is 51.2 cm³/mol. The van der Waals surface area contributed by atoms with Crippen molar-refractivity contribution in [1.29, 1.82) is 0 Å². The third-order valence-electron chi connectivity index (χ3n) is 1.31. The number of aldehydes is 1. The first-order valence-electron chi connectivity index (χ1n) is 3.95. The highest BCUT2D eigenvalue weighted by Gasteiger charge is 2.10. The zero-order chi connectivity index (χ0) is 8.74. The van der Waals surface area contributed by atoms with E-state index in [1.54, 1.807) is 0 Å². The van der Waals surface area contributed by atoms with Gasteiger partial charge in [-0.1, -0.05) is 25.6 Å². The van der Waals surface area contributed by atoms with E-state index in [-0.39, 0.29) is 0 Å². The molecule has 0 aliphatic rings. The van der Waals surface area contributed by atoms with E-state index in [0.29, 0.717) is 6.42 Å². The third kappa shape index (κ3) is 9.45. The molecule has 0 aromatic carbocycles. The van der Waals surface area contributed by atoms with Crippen molar-refractivity contribution in [2.45, 2.75) is 38.5 Å². The largest absolute Gasteiger partial charge is 0.302 e. The van der Waals surface area contributed by atoms with E-state index in [4.69, 9.17) is 0 Å². The van der Waals surface area contributed by atoms with Crippen molar-refractivity contribution in [3.8, 4) is 11.8 Å². The fourth-order valence-corrected chi connectivity index (χ4v) is 1.51. The van der Waals surface area contributed by atoms with Crippen LogP contribution in [0.25, 0.3) is 0 Å². The van der Waals surface area contributed by atoms with Crippen LogP contribution in [0.3, 0.4) is 0 Å². The lowest BCUT2D eigenvalue weighted by Crippen LogP contribution is -2.18. The molecule has 0 rings (SSSR count). The summed E-state index contributed by atoms with van der Waals surface area (Å²) in [6.07, 6.45) is 2.21. The van der Waals surface area contributed by atoms with E-state index in [0.717, 1.165) is 12.7 Å². The molecular formula is C9H16OSi. The molecule has 0 unspecified atom stereocenters. The topological polar surface area (TPSA) is 17.1 Å². The molecule has 0 aliphatic carbocycles. The molecule has 0 radical (unpaired) electrons. The summed E-state index contributed by atoms with van der Waals surface area (Å²) < 4.78 is 0. The highest BCUT2D eigenvalue weighted by molar-refractivity contribution is 6.76. The van der Waals surface area contributed by atoms with E-state index >= 15 is 0 Å². The fourth-order valence-electron chi connectivity index (χ4n) is 0.640. The Balaban J connectivity index is 3.43. The number of hydrogen-bond acceptors (Lipinski definition) is 1. The zero-order valence-electron chi connectivity index (χ0n) is 7.61. The summed E-state index contributed by atoms with van der Waals surface area (Å²) in [6.45, 7) is 6.98. The van der Waals surface area contributed by atoms with Crippen molar-refractivity contribution in [2.24, 2.45) is 0 Å². The van der Waals surface area contributed by atoms with E-state index in [2.05, 4.69) is 31.5 Å². The van der Waals surface area contributed by atoms with Gasteiger partial charge in [0.25, 0.3) is 0 Å². The summed E-state index contributed by atoms with van der Waals surface area (Å²) in [5, 5.41) is 0. The SMILES string of the molecule is C[Si](C)(C)CCC#CCC=O. The monoisotopic (exact) mass is 168 g/mol. The van der Waals surface area contributed by atoms with E-state index in [1.807, 2.05) is 0 Å². The number of carbonyl (C=O) groups excluding carboxylic acids is 1. The molecule has 0 spiro atoms. The van der Waals surface area contributed by atoms with Crippen molar-refractivity contribution >= 4 is 14.4 Å². The number of rotatable bonds is 3. The average Bonchev–Trinajstić information content (AvgIpc) is 1.85. The van der Waals surface area contributed by atoms with Gasteiger partial charge in [0.15, 0.2) is 0 Å². The predicted octanol–water partition coefficient (Wildman–Crippen LogP) is 2.31. The van der Waals surface area contributed by atoms with Crippen LogP contribution in [0.1, 0.15) is 12.8 Å². The summed E-state index contributed by atoms with van der Waals surface area (Å²) >= 11 is 0. The second-order valence-corrected chi connectivity index (χ2v) is 9.41. The van der Waals surface area contributed by atoms with Crippen LogP contribution < -0.4 is 0 Å². The summed E-state index contributed by atoms with van der Waals surface area (Å²) in [4.78, 5) is 9.87. The lowest BCUT2D eigenvalue weighted by molar-refractivity contribution is -0.107. The Kier molecular flexibility index (Phi) is 4.89. The van der Waals surface area contributed by atoms with Crippen molar-refractivity contribution in [2.75, 3.05) is 0 Å². The Hall–Kier alpha value is -0.553. The van der Waals surface area contributed by atoms with Gasteiger partial charge in [0.05, 0.1) is 6.42 Å². The number of carbonyl (C=O) groups is 1. The first-order chi connectivity index (χ1) is 5.06. The van der Waals surface area contributed by atoms with E-state index in [9.17, 15) is 4.79 Å². The first-order valence-corrected chi connectivity index (χ1v) is 7.66. The molecule has 2 heteroatoms. The van der Waals surface area contributed by atoms with Crippen LogP contribution in [0.5, 0.6) is 0 Å². The molecule has 1 nitrogen and oxygen atoms in total. The molecule has 0 N–H and O–H groups in total. The summed E-state index contributed by atoms with van der Waals surface area (Å²) in [6, 6.07) is 1.23. The van der Waals surface area contributed by atoms with Crippen molar-refractivity contribution in [3.05, 3.63) is 0 Å². The lowest BCUT2D eigenvalue weighted by Gasteiger charge is -2.12. The normalized spacial score (nSPS) is 10.1. The van der Waals surface area contributed by atoms with Gasteiger partial charge in [0.1, 0.15) is 6.29 Å². The summed E-state index contributed by atoms with van der Waals surface area (Å²) in [5.41, 5.74) is 0. The maximum atomic E-state index is 9.87. The van der Waals surface area contributed by atoms with Gasteiger partial charge < -0.3 is 4.79 Å². The zero-order valence-corrected chi connectivity index (χ0v) is 8.61. The second-order valence-electron chi connectivity index (χ2n) is 3.79. The Labute approximate surface area is 70.2 Å². The molecule has 0 heterocycles. The van der Waals surface area contributed by atoms with Crippen LogP contribution in [0, 0.1) is 11.8 Å². The van der Waals surface area contributed by atoms with Crippen LogP contribution in [0.15, 0.2) is 0 Å². The van der Waals surface area contributed by atoms with Crippen molar-refractivity contribution in [3.63, 3.8) is 0 Å². The minimum Gasteiger partial charge on any atom is -0.302 e. The van der Waals surface area contributed by atoms with Gasteiger partial charge in [-0.3, -0.25) is 0 Å². The first kappa shape index (κ1) is 10.4. The third-order valence-corrected chi connectivity index (χ3v) is 3.06. The second kappa shape index (κ2) is 5.14. The summed E-state index contributed by atoms with van der Waals surface area (Å²) in [7, 11) is -0.908. The molecule has 0 aliphatic heterocycles. The Morgan fingerprint density at radius 2 is 1.91 bits per heavy atom. The molecule has 62 valence electrons. The average molecular weight is 168 g/mol. The Bertz CT molecular complexity index is 168. The minimum absolute atomic E-state index is 0.395. The fraction of sp³-hybridized carbons (Fsp3) is 0.667. The smallest absolute Gasteiger partial charge is 0.131 e. The van der Waals surface area contributed by atoms with Crippen LogP contribution in [-0.2, 0) is 4.79 Å². The Morgan fingerprint density at radius 3 is 2.36 bits per heavy atom.